The van der Waals surface area contributed by atoms with Gasteiger partial charge in [0.15, 0.2) is 11.3 Å². The molecule has 0 saturated carbocycles. The number of hydrogen-bond acceptors (Lipinski definition) is 7. The van der Waals surface area contributed by atoms with Gasteiger partial charge in [0.2, 0.25) is 0 Å². The number of ether oxygens (including phenoxy) is 2. The summed E-state index contributed by atoms with van der Waals surface area (Å²) in [5.74, 6) is 0. The monoisotopic (exact) mass is 404 g/mol. The fourth-order valence-corrected chi connectivity index (χ4v) is 3.95. The van der Waals surface area contributed by atoms with Crippen LogP contribution in [0.3, 0.4) is 0 Å². The van der Waals surface area contributed by atoms with Gasteiger partial charge in [-0.15, -0.1) is 0 Å². The maximum absolute atomic E-state index is 13.4. The highest BCUT2D eigenvalue weighted by Crippen LogP contribution is 2.40. The molecule has 0 aromatic carbocycles. The third-order valence-corrected chi connectivity index (χ3v) is 5.47. The Balaban J connectivity index is 2.06. The van der Waals surface area contributed by atoms with E-state index >= 15 is 0 Å². The normalized spacial score (nSPS) is 32.9. The molecule has 2 N–H and O–H groups in total. The van der Waals surface area contributed by atoms with Crippen molar-refractivity contribution in [2.45, 2.75) is 61.3 Å². The number of unbranched alkanes of at least 4 members (excludes halogenated alkanes) is 2. The van der Waals surface area contributed by atoms with Gasteiger partial charge in [-0.05, 0) is 19.3 Å². The van der Waals surface area contributed by atoms with Gasteiger partial charge in [-0.2, -0.15) is 13.2 Å². The van der Waals surface area contributed by atoms with Crippen LogP contribution < -0.4 is 0 Å². The van der Waals surface area contributed by atoms with Crippen LogP contribution in [0, 0.1) is 0 Å². The number of fused-ring (bicyclic) bond motifs is 1. The predicted octanol–water partition coefficient (Wildman–Crippen LogP) is 1.55. The van der Waals surface area contributed by atoms with E-state index in [1.165, 1.54) is 0 Å². The van der Waals surface area contributed by atoms with Gasteiger partial charge < -0.3 is 24.6 Å². The topological polar surface area (TPSA) is 74.5 Å². The molecule has 0 aliphatic carbocycles. The summed E-state index contributed by atoms with van der Waals surface area (Å²) in [5, 5.41) is 20.9. The molecule has 2 heterocycles. The Morgan fingerprint density at radius 3 is 2.50 bits per heavy atom. The van der Waals surface area contributed by atoms with E-state index in [1.54, 1.807) is 19.0 Å². The number of aliphatic imine (C=N–C) groups is 1. The standard InChI is InChI=1S/C15H24F4N2O4S/c1-21(2)14-20-8-9(22)10(23)11(25-13(8)26-14)12(15(17,18)19)24-7-5-3-4-6-16/h8-13,22-23H,3-7H2,1-2H3/t8-,9-,10+,11+,12-,13-/m1/s1. The van der Waals surface area contributed by atoms with Crippen molar-refractivity contribution in [2.75, 3.05) is 27.4 Å². The Kier molecular flexibility index (Phi) is 7.54. The van der Waals surface area contributed by atoms with Crippen LogP contribution in [-0.4, -0.2) is 89.7 Å². The number of aliphatic hydroxyl groups excluding tert-OH is 2. The zero-order chi connectivity index (χ0) is 19.5. The Labute approximate surface area is 153 Å². The number of alkyl halides is 4. The van der Waals surface area contributed by atoms with Gasteiger partial charge in [0.25, 0.3) is 0 Å². The molecule has 152 valence electrons. The molecule has 26 heavy (non-hydrogen) atoms. The summed E-state index contributed by atoms with van der Waals surface area (Å²) in [6.45, 7) is -0.776. The second kappa shape index (κ2) is 9.05. The fraction of sp³-hybridized carbons (Fsp3) is 0.933. The molecule has 0 unspecified atom stereocenters. The number of rotatable bonds is 7. The molecule has 2 rings (SSSR count). The fourth-order valence-electron chi connectivity index (χ4n) is 2.80. The highest BCUT2D eigenvalue weighted by atomic mass is 32.2. The highest BCUT2D eigenvalue weighted by molar-refractivity contribution is 8.14. The maximum Gasteiger partial charge on any atom is 0.417 e. The van der Waals surface area contributed by atoms with Crippen molar-refractivity contribution in [3.63, 3.8) is 0 Å². The first-order valence-corrected chi connectivity index (χ1v) is 9.22. The number of amidine groups is 1. The lowest BCUT2D eigenvalue weighted by atomic mass is 9.94. The van der Waals surface area contributed by atoms with Crippen molar-refractivity contribution >= 4 is 16.9 Å². The van der Waals surface area contributed by atoms with E-state index in [-0.39, 0.29) is 19.4 Å². The molecule has 1 saturated heterocycles. The van der Waals surface area contributed by atoms with Crippen LogP contribution >= 0.6 is 11.8 Å². The molecule has 1 fully saturated rings. The van der Waals surface area contributed by atoms with Crippen LogP contribution in [0.15, 0.2) is 4.99 Å². The number of thioether (sulfide) groups is 1. The van der Waals surface area contributed by atoms with Gasteiger partial charge in [-0.3, -0.25) is 9.38 Å². The lowest BCUT2D eigenvalue weighted by Crippen LogP contribution is -2.61. The molecule has 11 heteroatoms. The third kappa shape index (κ3) is 5.00. The zero-order valence-electron chi connectivity index (χ0n) is 14.5. The van der Waals surface area contributed by atoms with Gasteiger partial charge >= 0.3 is 6.18 Å². The Morgan fingerprint density at radius 2 is 1.92 bits per heavy atom. The summed E-state index contributed by atoms with van der Waals surface area (Å²) >= 11 is 1.09. The van der Waals surface area contributed by atoms with Crippen LogP contribution in [0.2, 0.25) is 0 Å². The first-order valence-electron chi connectivity index (χ1n) is 8.34. The quantitative estimate of drug-likeness (QED) is 0.496. The lowest BCUT2D eigenvalue weighted by molar-refractivity contribution is -0.284. The first-order chi connectivity index (χ1) is 12.2. The second-order valence-electron chi connectivity index (χ2n) is 6.45. The summed E-state index contributed by atoms with van der Waals surface area (Å²) < 4.78 is 62.7. The molecule has 6 nitrogen and oxygen atoms in total. The number of aliphatic hydroxyl groups is 2. The zero-order valence-corrected chi connectivity index (χ0v) is 15.3. The minimum absolute atomic E-state index is 0.243. The van der Waals surface area contributed by atoms with Crippen LogP contribution in [0.1, 0.15) is 19.3 Å². The molecular weight excluding hydrogens is 380 g/mol. The van der Waals surface area contributed by atoms with Crippen molar-refractivity contribution in [1.82, 2.24) is 4.90 Å². The average Bonchev–Trinajstić information content (AvgIpc) is 2.98. The lowest BCUT2D eigenvalue weighted by Gasteiger charge is -2.41. The van der Waals surface area contributed by atoms with E-state index in [2.05, 4.69) is 4.99 Å². The van der Waals surface area contributed by atoms with Crippen molar-refractivity contribution in [2.24, 2.45) is 4.99 Å². The number of halogens is 4. The van der Waals surface area contributed by atoms with Gasteiger partial charge in [0.05, 0.1) is 6.67 Å². The van der Waals surface area contributed by atoms with E-state index in [9.17, 15) is 27.8 Å². The van der Waals surface area contributed by atoms with E-state index in [4.69, 9.17) is 9.47 Å². The summed E-state index contributed by atoms with van der Waals surface area (Å²) in [6.07, 6.45) is -11.3. The van der Waals surface area contributed by atoms with Crippen LogP contribution in [0.4, 0.5) is 17.6 Å². The van der Waals surface area contributed by atoms with Gasteiger partial charge in [0, 0.05) is 20.7 Å². The van der Waals surface area contributed by atoms with Crippen molar-refractivity contribution in [1.29, 1.82) is 0 Å². The molecule has 0 aromatic rings. The van der Waals surface area contributed by atoms with E-state index in [1.807, 2.05) is 0 Å². The Morgan fingerprint density at radius 1 is 1.23 bits per heavy atom. The molecule has 0 amide bonds. The van der Waals surface area contributed by atoms with Gasteiger partial charge in [0.1, 0.15) is 29.8 Å². The Bertz CT molecular complexity index is 495. The molecule has 6 atom stereocenters. The molecule has 0 spiro atoms. The maximum atomic E-state index is 13.4. The highest BCUT2D eigenvalue weighted by Gasteiger charge is 2.57. The van der Waals surface area contributed by atoms with Crippen LogP contribution in [-0.2, 0) is 9.47 Å². The largest absolute Gasteiger partial charge is 0.417 e. The molecule has 0 aromatic heterocycles. The van der Waals surface area contributed by atoms with E-state index in [0.29, 0.717) is 11.6 Å². The minimum Gasteiger partial charge on any atom is -0.388 e. The minimum atomic E-state index is -4.78. The third-order valence-electron chi connectivity index (χ3n) is 4.17. The average molecular weight is 404 g/mol. The second-order valence-corrected chi connectivity index (χ2v) is 7.51. The van der Waals surface area contributed by atoms with Crippen molar-refractivity contribution < 1.29 is 37.2 Å². The van der Waals surface area contributed by atoms with Crippen LogP contribution in [0.5, 0.6) is 0 Å². The molecule has 0 bridgehead atoms. The molecule has 2 aliphatic heterocycles. The molecule has 2 aliphatic rings. The predicted molar refractivity (Wildman–Crippen MR) is 88.8 cm³/mol. The molecular formula is C15H24F4N2O4S. The van der Waals surface area contributed by atoms with Gasteiger partial charge in [-0.1, -0.05) is 11.8 Å². The first kappa shape index (κ1) is 21.7. The Hall–Kier alpha value is -0.620. The van der Waals surface area contributed by atoms with Crippen LogP contribution in [0.25, 0.3) is 0 Å². The number of nitrogens with zero attached hydrogens (tertiary/aromatic N) is 2. The summed E-state index contributed by atoms with van der Waals surface area (Å²) in [4.78, 5) is 5.86. The summed E-state index contributed by atoms with van der Waals surface area (Å²) in [7, 11) is 3.42. The van der Waals surface area contributed by atoms with Crippen molar-refractivity contribution in [3.05, 3.63) is 0 Å². The van der Waals surface area contributed by atoms with E-state index < -0.39 is 48.7 Å². The summed E-state index contributed by atoms with van der Waals surface area (Å²) in [6, 6.07) is -0.845. The van der Waals surface area contributed by atoms with Crippen molar-refractivity contribution in [3.8, 4) is 0 Å². The number of hydrogen-bond donors (Lipinski definition) is 2. The van der Waals surface area contributed by atoms with E-state index in [0.717, 1.165) is 11.8 Å². The summed E-state index contributed by atoms with van der Waals surface area (Å²) in [5.41, 5.74) is -0.837. The smallest absolute Gasteiger partial charge is 0.388 e. The SMILES string of the molecule is CN(C)C1=N[C@@H]2[C@@H](O)[C@H](O)[C@@H]([C@@H](OCCCCCF)C(F)(F)F)O[C@@H]2S1. The van der Waals surface area contributed by atoms with Gasteiger partial charge in [-0.25, -0.2) is 0 Å². The molecule has 0 radical (unpaired) electrons.